The molecule has 0 spiro atoms. The number of rotatable bonds is 2. The summed E-state index contributed by atoms with van der Waals surface area (Å²) in [5.41, 5.74) is 0.265. The molecule has 1 saturated heterocycles. The van der Waals surface area contributed by atoms with Crippen LogP contribution in [0.1, 0.15) is 22.8 Å². The number of hydrogen-bond acceptors (Lipinski definition) is 3. The van der Waals surface area contributed by atoms with Crippen molar-refractivity contribution in [2.45, 2.75) is 12.5 Å². The van der Waals surface area contributed by atoms with Gasteiger partial charge in [-0.2, -0.15) is 0 Å². The first-order chi connectivity index (χ1) is 9.50. The molecule has 20 heavy (non-hydrogen) atoms. The molecule has 2 heterocycles. The van der Waals surface area contributed by atoms with Crippen molar-refractivity contribution in [3.05, 3.63) is 34.2 Å². The number of carbonyl (C=O) groups is 2. The maximum absolute atomic E-state index is 12.1. The second-order valence-electron chi connectivity index (χ2n) is 4.87. The number of para-hydroxylation sites is 1. The molecule has 0 radical (unpaired) electrons. The molecular formula is C13H13N3O4. The Morgan fingerprint density at radius 2 is 2.15 bits per heavy atom. The van der Waals surface area contributed by atoms with Gasteiger partial charge in [-0.25, -0.2) is 9.59 Å². The van der Waals surface area contributed by atoms with E-state index >= 15 is 0 Å². The number of aromatic amines is 1. The molecule has 104 valence electrons. The van der Waals surface area contributed by atoms with Crippen LogP contribution in [0.2, 0.25) is 0 Å². The summed E-state index contributed by atoms with van der Waals surface area (Å²) in [5, 5.41) is 9.25. The van der Waals surface area contributed by atoms with Crippen LogP contribution in [-0.4, -0.2) is 45.0 Å². The van der Waals surface area contributed by atoms with E-state index in [0.29, 0.717) is 18.5 Å². The molecular weight excluding hydrogens is 262 g/mol. The van der Waals surface area contributed by atoms with Gasteiger partial charge in [-0.15, -0.1) is 0 Å². The van der Waals surface area contributed by atoms with E-state index in [-0.39, 0.29) is 17.0 Å². The highest BCUT2D eigenvalue weighted by atomic mass is 16.4. The molecule has 1 amide bonds. The highest BCUT2D eigenvalue weighted by Crippen LogP contribution is 2.26. The number of imidazole rings is 1. The normalized spacial score (nSPS) is 18.9. The van der Waals surface area contributed by atoms with Crippen LogP contribution in [-0.2, 0) is 4.79 Å². The third-order valence-corrected chi connectivity index (χ3v) is 3.68. The lowest BCUT2D eigenvalue weighted by molar-refractivity contribution is -0.129. The van der Waals surface area contributed by atoms with Gasteiger partial charge in [0.05, 0.1) is 16.6 Å². The minimum Gasteiger partial charge on any atom is -0.478 e. The predicted molar refractivity (Wildman–Crippen MR) is 70.8 cm³/mol. The number of nitrogens with one attached hydrogen (secondary N) is 1. The molecule has 1 aliphatic heterocycles. The van der Waals surface area contributed by atoms with Crippen LogP contribution in [0.15, 0.2) is 23.0 Å². The van der Waals surface area contributed by atoms with Crippen molar-refractivity contribution in [3.8, 4) is 0 Å². The van der Waals surface area contributed by atoms with E-state index in [1.165, 1.54) is 10.6 Å². The van der Waals surface area contributed by atoms with Crippen LogP contribution in [0.5, 0.6) is 0 Å². The quantitative estimate of drug-likeness (QED) is 0.830. The van der Waals surface area contributed by atoms with E-state index in [4.69, 9.17) is 0 Å². The van der Waals surface area contributed by atoms with Gasteiger partial charge in [0.2, 0.25) is 5.91 Å². The molecule has 2 aromatic rings. The number of amides is 1. The number of likely N-dealkylation sites (N-methyl/N-ethyl adjacent to an activating group) is 1. The molecule has 7 nitrogen and oxygen atoms in total. The molecule has 0 saturated carbocycles. The smallest absolute Gasteiger partial charge is 0.337 e. The van der Waals surface area contributed by atoms with Gasteiger partial charge in [0.1, 0.15) is 6.04 Å². The fraction of sp³-hybridized carbons (Fsp3) is 0.308. The second kappa shape index (κ2) is 4.22. The fourth-order valence-corrected chi connectivity index (χ4v) is 2.69. The standard InChI is InChI=1S/C13H13N3O4/c1-15-6-5-9(11(15)17)16-10-7(12(18)19)3-2-4-8(10)14-13(16)20/h2-4,9H,5-6H2,1H3,(H,14,20)(H,18,19). The average Bonchev–Trinajstić information content (AvgIpc) is 2.89. The highest BCUT2D eigenvalue weighted by Gasteiger charge is 2.33. The summed E-state index contributed by atoms with van der Waals surface area (Å²) in [6, 6.07) is 3.98. The van der Waals surface area contributed by atoms with Gasteiger partial charge >= 0.3 is 11.7 Å². The average molecular weight is 275 g/mol. The van der Waals surface area contributed by atoms with Crippen LogP contribution < -0.4 is 5.69 Å². The van der Waals surface area contributed by atoms with E-state index in [9.17, 15) is 19.5 Å². The number of H-pyrrole nitrogens is 1. The lowest BCUT2D eigenvalue weighted by Gasteiger charge is -2.12. The van der Waals surface area contributed by atoms with Crippen molar-refractivity contribution in [2.24, 2.45) is 0 Å². The molecule has 2 N–H and O–H groups in total. The molecule has 1 aromatic heterocycles. The van der Waals surface area contributed by atoms with E-state index in [1.54, 1.807) is 24.1 Å². The number of aromatic carboxylic acids is 1. The minimum absolute atomic E-state index is 0.0169. The molecule has 1 aromatic carbocycles. The van der Waals surface area contributed by atoms with Crippen LogP contribution in [0.25, 0.3) is 11.0 Å². The number of carbonyl (C=O) groups excluding carboxylic acids is 1. The zero-order valence-corrected chi connectivity index (χ0v) is 10.8. The van der Waals surface area contributed by atoms with E-state index in [1.807, 2.05) is 0 Å². The number of nitrogens with zero attached hydrogens (tertiary/aromatic N) is 2. The maximum Gasteiger partial charge on any atom is 0.337 e. The third-order valence-electron chi connectivity index (χ3n) is 3.68. The van der Waals surface area contributed by atoms with Crippen LogP contribution in [0.3, 0.4) is 0 Å². The molecule has 1 aliphatic rings. The van der Waals surface area contributed by atoms with Crippen molar-refractivity contribution >= 4 is 22.9 Å². The summed E-state index contributed by atoms with van der Waals surface area (Å²) in [6.45, 7) is 0.553. The topological polar surface area (TPSA) is 95.4 Å². The third kappa shape index (κ3) is 1.63. The lowest BCUT2D eigenvalue weighted by Crippen LogP contribution is -2.30. The lowest BCUT2D eigenvalue weighted by atomic mass is 10.1. The Bertz CT molecular complexity index is 774. The summed E-state index contributed by atoms with van der Waals surface area (Å²) in [4.78, 5) is 39.6. The number of aromatic nitrogens is 2. The molecule has 1 fully saturated rings. The van der Waals surface area contributed by atoms with Gasteiger partial charge < -0.3 is 15.0 Å². The van der Waals surface area contributed by atoms with E-state index in [0.717, 1.165) is 0 Å². The Morgan fingerprint density at radius 3 is 2.75 bits per heavy atom. The number of hydrogen-bond donors (Lipinski definition) is 2. The number of likely N-dealkylation sites (tertiary alicyclic amines) is 1. The van der Waals surface area contributed by atoms with E-state index < -0.39 is 17.7 Å². The van der Waals surface area contributed by atoms with Gasteiger partial charge in [-0.1, -0.05) is 6.07 Å². The Hall–Kier alpha value is -2.57. The molecule has 0 aliphatic carbocycles. The van der Waals surface area contributed by atoms with Crippen LogP contribution in [0, 0.1) is 0 Å². The molecule has 1 atom stereocenters. The van der Waals surface area contributed by atoms with Gasteiger partial charge in [-0.05, 0) is 18.6 Å². The molecule has 3 rings (SSSR count). The Balaban J connectivity index is 2.30. The second-order valence-corrected chi connectivity index (χ2v) is 4.87. The number of carboxylic acids is 1. The zero-order valence-electron chi connectivity index (χ0n) is 10.8. The predicted octanol–water partition coefficient (Wildman–Crippen LogP) is 0.431. The van der Waals surface area contributed by atoms with Crippen molar-refractivity contribution in [1.29, 1.82) is 0 Å². The SMILES string of the molecule is CN1CCC(n2c(=O)[nH]c3cccc(C(=O)O)c32)C1=O. The van der Waals surface area contributed by atoms with E-state index in [2.05, 4.69) is 4.98 Å². The fourth-order valence-electron chi connectivity index (χ4n) is 2.69. The first-order valence-corrected chi connectivity index (χ1v) is 6.22. The maximum atomic E-state index is 12.1. The van der Waals surface area contributed by atoms with Crippen molar-refractivity contribution in [2.75, 3.05) is 13.6 Å². The zero-order chi connectivity index (χ0) is 14.4. The first-order valence-electron chi connectivity index (χ1n) is 6.22. The van der Waals surface area contributed by atoms with Crippen LogP contribution >= 0.6 is 0 Å². The molecule has 0 bridgehead atoms. The first kappa shape index (κ1) is 12.5. The number of fused-ring (bicyclic) bond motifs is 1. The summed E-state index contributed by atoms with van der Waals surface area (Å²) in [6.07, 6.45) is 0.496. The summed E-state index contributed by atoms with van der Waals surface area (Å²) in [5.74, 6) is -1.30. The summed E-state index contributed by atoms with van der Waals surface area (Å²) < 4.78 is 1.27. The van der Waals surface area contributed by atoms with Gasteiger partial charge in [0.15, 0.2) is 0 Å². The Morgan fingerprint density at radius 1 is 1.40 bits per heavy atom. The van der Waals surface area contributed by atoms with Crippen LogP contribution in [0.4, 0.5) is 0 Å². The molecule has 1 unspecified atom stereocenters. The van der Waals surface area contributed by atoms with Crippen molar-refractivity contribution in [3.63, 3.8) is 0 Å². The van der Waals surface area contributed by atoms with Gasteiger partial charge in [0, 0.05) is 13.6 Å². The number of benzene rings is 1. The summed E-state index contributed by atoms with van der Waals surface area (Å²) in [7, 11) is 1.67. The Kier molecular flexibility index (Phi) is 2.63. The minimum atomic E-state index is -1.12. The monoisotopic (exact) mass is 275 g/mol. The Labute approximate surface area is 113 Å². The van der Waals surface area contributed by atoms with Crippen molar-refractivity contribution < 1.29 is 14.7 Å². The number of carboxylic acid groups (broad SMARTS) is 1. The molecule has 7 heteroatoms. The van der Waals surface area contributed by atoms with Gasteiger partial charge in [0.25, 0.3) is 0 Å². The largest absolute Gasteiger partial charge is 0.478 e. The van der Waals surface area contributed by atoms with Crippen molar-refractivity contribution in [1.82, 2.24) is 14.5 Å². The van der Waals surface area contributed by atoms with Gasteiger partial charge in [-0.3, -0.25) is 9.36 Å². The highest BCUT2D eigenvalue weighted by molar-refractivity contribution is 6.01. The summed E-state index contributed by atoms with van der Waals surface area (Å²) >= 11 is 0.